The van der Waals surface area contributed by atoms with E-state index >= 15 is 0 Å². The number of nitrogens with zero attached hydrogens (tertiary/aromatic N) is 4. The molecule has 2 heterocycles. The predicted molar refractivity (Wildman–Crippen MR) is 75.2 cm³/mol. The Morgan fingerprint density at radius 2 is 2.15 bits per heavy atom. The maximum atomic E-state index is 11.9. The molecule has 0 aliphatic heterocycles. The van der Waals surface area contributed by atoms with E-state index in [0.717, 1.165) is 11.5 Å². The molecule has 0 aliphatic carbocycles. The third-order valence-electron chi connectivity index (χ3n) is 2.03. The zero-order valence-electron chi connectivity index (χ0n) is 10.4. The van der Waals surface area contributed by atoms with E-state index in [9.17, 15) is 9.59 Å². The van der Waals surface area contributed by atoms with E-state index in [4.69, 9.17) is 0 Å². The van der Waals surface area contributed by atoms with Gasteiger partial charge < -0.3 is 4.74 Å². The Morgan fingerprint density at radius 3 is 2.80 bits per heavy atom. The van der Waals surface area contributed by atoms with Gasteiger partial charge in [0, 0.05) is 0 Å². The van der Waals surface area contributed by atoms with Crippen molar-refractivity contribution in [2.24, 2.45) is 0 Å². The summed E-state index contributed by atoms with van der Waals surface area (Å²) in [6.45, 7) is 1.70. The van der Waals surface area contributed by atoms with Gasteiger partial charge in [-0.1, -0.05) is 27.6 Å². The van der Waals surface area contributed by atoms with Crippen LogP contribution in [0.4, 0.5) is 5.13 Å². The zero-order valence-corrected chi connectivity index (χ0v) is 12.9. The molecular formula is C9H9N5O3S3. The van der Waals surface area contributed by atoms with Gasteiger partial charge in [0.2, 0.25) is 5.13 Å². The number of aryl methyl sites for hydroxylation is 1. The molecule has 0 spiro atoms. The largest absolute Gasteiger partial charge is 0.468 e. The van der Waals surface area contributed by atoms with Crippen LogP contribution < -0.4 is 5.32 Å². The number of thioether (sulfide) groups is 1. The highest BCUT2D eigenvalue weighted by atomic mass is 32.2. The van der Waals surface area contributed by atoms with Gasteiger partial charge in [0.05, 0.1) is 18.6 Å². The van der Waals surface area contributed by atoms with Crippen LogP contribution in [0.25, 0.3) is 0 Å². The lowest BCUT2D eigenvalue weighted by Crippen LogP contribution is -2.11. The summed E-state index contributed by atoms with van der Waals surface area (Å²) in [6.07, 6.45) is 0. The van der Waals surface area contributed by atoms with E-state index in [-0.39, 0.29) is 17.6 Å². The maximum Gasteiger partial charge on any atom is 0.316 e. The molecule has 8 nitrogen and oxygen atoms in total. The monoisotopic (exact) mass is 331 g/mol. The van der Waals surface area contributed by atoms with Gasteiger partial charge in [0.15, 0.2) is 4.34 Å². The third-order valence-corrected chi connectivity index (χ3v) is 4.80. The van der Waals surface area contributed by atoms with Gasteiger partial charge in [-0.3, -0.25) is 14.9 Å². The first-order valence-corrected chi connectivity index (χ1v) is 7.81. The van der Waals surface area contributed by atoms with Crippen LogP contribution >= 0.6 is 34.6 Å². The molecule has 11 heteroatoms. The fourth-order valence-electron chi connectivity index (χ4n) is 1.09. The van der Waals surface area contributed by atoms with Gasteiger partial charge in [-0.15, -0.1) is 15.3 Å². The number of esters is 1. The Morgan fingerprint density at radius 1 is 1.35 bits per heavy atom. The van der Waals surface area contributed by atoms with Crippen molar-refractivity contribution >= 4 is 51.6 Å². The van der Waals surface area contributed by atoms with E-state index < -0.39 is 0 Å². The number of rotatable bonds is 5. The standard InChI is InChI=1S/C9H9N5O3S3/c1-4-6(20-14-11-4)7(16)10-8-12-13-9(19-8)18-3-5(15)17-2/h3H2,1-2H3,(H,10,12,16). The third kappa shape index (κ3) is 3.71. The van der Waals surface area contributed by atoms with Crippen molar-refractivity contribution in [2.45, 2.75) is 11.3 Å². The van der Waals surface area contributed by atoms with Crippen LogP contribution in [0.5, 0.6) is 0 Å². The molecule has 1 amide bonds. The molecule has 0 unspecified atom stereocenters. The summed E-state index contributed by atoms with van der Waals surface area (Å²) >= 11 is 3.40. The minimum Gasteiger partial charge on any atom is -0.468 e. The Labute approximate surface area is 126 Å². The first kappa shape index (κ1) is 14.8. The molecule has 0 radical (unpaired) electrons. The van der Waals surface area contributed by atoms with Gasteiger partial charge in [-0.2, -0.15) is 0 Å². The van der Waals surface area contributed by atoms with Crippen molar-refractivity contribution in [2.75, 3.05) is 18.2 Å². The van der Waals surface area contributed by atoms with Crippen LogP contribution in [0.15, 0.2) is 4.34 Å². The van der Waals surface area contributed by atoms with E-state index in [1.807, 2.05) is 0 Å². The molecule has 0 aromatic carbocycles. The van der Waals surface area contributed by atoms with Crippen molar-refractivity contribution in [1.82, 2.24) is 19.8 Å². The zero-order chi connectivity index (χ0) is 14.5. The number of methoxy groups -OCH3 is 1. The van der Waals surface area contributed by atoms with Crippen LogP contribution in [-0.4, -0.2) is 44.5 Å². The van der Waals surface area contributed by atoms with Crippen molar-refractivity contribution in [3.8, 4) is 0 Å². The molecule has 20 heavy (non-hydrogen) atoms. The molecule has 0 saturated carbocycles. The maximum absolute atomic E-state index is 11.9. The molecule has 0 fully saturated rings. The second-order valence-corrected chi connectivity index (χ2v) is 6.33. The summed E-state index contributed by atoms with van der Waals surface area (Å²) < 4.78 is 8.78. The molecule has 2 rings (SSSR count). The van der Waals surface area contributed by atoms with Crippen molar-refractivity contribution in [1.29, 1.82) is 0 Å². The Bertz CT molecular complexity index is 626. The summed E-state index contributed by atoms with van der Waals surface area (Å²) in [6, 6.07) is 0. The van der Waals surface area contributed by atoms with Gasteiger partial charge in [-0.25, -0.2) is 0 Å². The molecule has 2 aromatic heterocycles. The number of carbonyl (C=O) groups excluding carboxylic acids is 2. The average molecular weight is 331 g/mol. The highest BCUT2D eigenvalue weighted by Gasteiger charge is 2.16. The fraction of sp³-hybridized carbons (Fsp3) is 0.333. The molecule has 1 N–H and O–H groups in total. The second-order valence-electron chi connectivity index (χ2n) is 3.38. The summed E-state index contributed by atoms with van der Waals surface area (Å²) in [7, 11) is 1.32. The summed E-state index contributed by atoms with van der Waals surface area (Å²) in [4.78, 5) is 23.3. The summed E-state index contributed by atoms with van der Waals surface area (Å²) in [5, 5.41) is 14.4. The van der Waals surface area contributed by atoms with Crippen molar-refractivity contribution < 1.29 is 14.3 Å². The molecule has 0 bridgehead atoms. The first-order valence-electron chi connectivity index (χ1n) is 5.23. The number of hydrogen-bond acceptors (Lipinski definition) is 10. The SMILES string of the molecule is COC(=O)CSc1nnc(NC(=O)c2snnc2C)s1. The quantitative estimate of drug-likeness (QED) is 0.495. The topological polar surface area (TPSA) is 107 Å². The first-order chi connectivity index (χ1) is 9.60. The molecule has 0 aliphatic rings. The number of anilines is 1. The Hall–Kier alpha value is -1.59. The van der Waals surface area contributed by atoms with E-state index in [1.54, 1.807) is 6.92 Å². The number of carbonyl (C=O) groups is 2. The minimum atomic E-state index is -0.345. The van der Waals surface area contributed by atoms with Crippen LogP contribution in [0, 0.1) is 6.92 Å². The summed E-state index contributed by atoms with van der Waals surface area (Å²) in [5.74, 6) is -0.517. The van der Waals surface area contributed by atoms with E-state index in [0.29, 0.717) is 20.0 Å². The van der Waals surface area contributed by atoms with Crippen molar-refractivity contribution in [3.05, 3.63) is 10.6 Å². The minimum absolute atomic E-state index is 0.150. The van der Waals surface area contributed by atoms with Crippen LogP contribution in [0.1, 0.15) is 15.4 Å². The lowest BCUT2D eigenvalue weighted by atomic mass is 10.4. The molecule has 0 atom stereocenters. The number of amides is 1. The predicted octanol–water partition coefficient (Wildman–Crippen LogP) is 1.22. The normalized spacial score (nSPS) is 10.3. The molecular weight excluding hydrogens is 322 g/mol. The van der Waals surface area contributed by atoms with E-state index in [1.165, 1.54) is 30.2 Å². The average Bonchev–Trinajstić information content (AvgIpc) is 3.05. The van der Waals surface area contributed by atoms with Gasteiger partial charge in [-0.05, 0) is 18.5 Å². The molecule has 0 saturated heterocycles. The Kier molecular flexibility index (Phi) is 4.98. The van der Waals surface area contributed by atoms with Crippen molar-refractivity contribution in [3.63, 3.8) is 0 Å². The Balaban J connectivity index is 1.94. The second kappa shape index (κ2) is 6.72. The van der Waals surface area contributed by atoms with Gasteiger partial charge in [0.25, 0.3) is 5.91 Å². The number of aromatic nitrogens is 4. The smallest absolute Gasteiger partial charge is 0.316 e. The van der Waals surface area contributed by atoms with E-state index in [2.05, 4.69) is 29.8 Å². The number of ether oxygens (including phenoxy) is 1. The molecule has 2 aromatic rings. The van der Waals surface area contributed by atoms with Crippen LogP contribution in [-0.2, 0) is 9.53 Å². The fourth-order valence-corrected chi connectivity index (χ4v) is 3.22. The summed E-state index contributed by atoms with van der Waals surface area (Å²) in [5.41, 5.74) is 0.567. The van der Waals surface area contributed by atoms with Gasteiger partial charge >= 0.3 is 5.97 Å². The lowest BCUT2D eigenvalue weighted by Gasteiger charge is -1.97. The van der Waals surface area contributed by atoms with Crippen LogP contribution in [0.3, 0.4) is 0 Å². The highest BCUT2D eigenvalue weighted by molar-refractivity contribution is 8.01. The highest BCUT2D eigenvalue weighted by Crippen LogP contribution is 2.26. The number of nitrogens with one attached hydrogen (secondary N) is 1. The molecule has 106 valence electrons. The number of hydrogen-bond donors (Lipinski definition) is 1. The lowest BCUT2D eigenvalue weighted by molar-refractivity contribution is -0.137. The van der Waals surface area contributed by atoms with Gasteiger partial charge in [0.1, 0.15) is 4.88 Å². The van der Waals surface area contributed by atoms with Crippen LogP contribution in [0.2, 0.25) is 0 Å².